The maximum absolute atomic E-state index is 12.4. The van der Waals surface area contributed by atoms with Crippen molar-refractivity contribution in [2.75, 3.05) is 26.2 Å². The summed E-state index contributed by atoms with van der Waals surface area (Å²) in [6.45, 7) is 6.67. The second-order valence-electron chi connectivity index (χ2n) is 6.25. The van der Waals surface area contributed by atoms with Crippen molar-refractivity contribution in [3.05, 3.63) is 34.9 Å². The average Bonchev–Trinajstić information content (AvgIpc) is 3.11. The van der Waals surface area contributed by atoms with Crippen molar-refractivity contribution < 1.29 is 4.79 Å². The molecule has 2 aromatic rings. The van der Waals surface area contributed by atoms with Gasteiger partial charge in [-0.15, -0.1) is 0 Å². The van der Waals surface area contributed by atoms with Gasteiger partial charge in [-0.25, -0.2) is 0 Å². The molecule has 3 heterocycles. The van der Waals surface area contributed by atoms with Gasteiger partial charge in [-0.1, -0.05) is 11.6 Å². The minimum Gasteiger partial charge on any atom is -0.340 e. The maximum Gasteiger partial charge on any atom is 0.224 e. The molecule has 1 aliphatic heterocycles. The van der Waals surface area contributed by atoms with E-state index in [9.17, 15) is 4.79 Å². The van der Waals surface area contributed by atoms with E-state index in [0.29, 0.717) is 18.0 Å². The fraction of sp³-hybridized carbons (Fsp3) is 0.562. The van der Waals surface area contributed by atoms with Crippen LogP contribution in [0.5, 0.6) is 0 Å². The molecule has 0 atom stereocenters. The number of carbonyl (C=O) groups is 1. The second kappa shape index (κ2) is 7.36. The van der Waals surface area contributed by atoms with Gasteiger partial charge in [0.2, 0.25) is 5.91 Å². The predicted molar refractivity (Wildman–Crippen MR) is 91.7 cm³/mol. The van der Waals surface area contributed by atoms with Crippen LogP contribution in [0.3, 0.4) is 0 Å². The zero-order valence-corrected chi connectivity index (χ0v) is 14.9. The number of hydrogen-bond acceptors (Lipinski definition) is 4. The van der Waals surface area contributed by atoms with E-state index >= 15 is 0 Å². The molecule has 0 saturated carbocycles. The molecule has 1 saturated heterocycles. The number of amides is 1. The lowest BCUT2D eigenvalue weighted by Gasteiger charge is -2.34. The van der Waals surface area contributed by atoms with Crippen molar-refractivity contribution in [2.24, 2.45) is 7.05 Å². The van der Waals surface area contributed by atoms with E-state index in [1.54, 1.807) is 10.9 Å². The quantitative estimate of drug-likeness (QED) is 0.816. The number of carbonyl (C=O) groups excluding carboxylic acids is 1. The van der Waals surface area contributed by atoms with Gasteiger partial charge in [0, 0.05) is 70.7 Å². The summed E-state index contributed by atoms with van der Waals surface area (Å²) in [5.41, 5.74) is 2.01. The van der Waals surface area contributed by atoms with Crippen LogP contribution >= 0.6 is 11.6 Å². The van der Waals surface area contributed by atoms with Crippen molar-refractivity contribution in [3.63, 3.8) is 0 Å². The fourth-order valence-corrected chi connectivity index (χ4v) is 3.09. The highest BCUT2D eigenvalue weighted by molar-refractivity contribution is 6.31. The van der Waals surface area contributed by atoms with Gasteiger partial charge in [-0.3, -0.25) is 19.1 Å². The maximum atomic E-state index is 12.4. The number of aromatic nitrogens is 4. The number of piperazine rings is 1. The smallest absolute Gasteiger partial charge is 0.224 e. The van der Waals surface area contributed by atoms with Crippen LogP contribution in [0, 0.1) is 6.92 Å². The van der Waals surface area contributed by atoms with Crippen LogP contribution in [0.4, 0.5) is 0 Å². The number of hydrogen-bond donors (Lipinski definition) is 0. The van der Waals surface area contributed by atoms with Gasteiger partial charge < -0.3 is 4.90 Å². The standard InChI is InChI=1S/C16H23ClN6O/c1-13-15(17)12-23(19-13)4-3-16(24)22-7-5-21(6-8-22)11-14-9-18-20(2)10-14/h9-10,12H,3-8,11H2,1-2H3. The van der Waals surface area contributed by atoms with Crippen LogP contribution in [-0.2, 0) is 24.9 Å². The molecule has 0 N–H and O–H groups in total. The van der Waals surface area contributed by atoms with Crippen molar-refractivity contribution in [3.8, 4) is 0 Å². The van der Waals surface area contributed by atoms with Crippen LogP contribution in [0.2, 0.25) is 5.02 Å². The van der Waals surface area contributed by atoms with Crippen molar-refractivity contribution >= 4 is 17.5 Å². The van der Waals surface area contributed by atoms with Gasteiger partial charge in [0.25, 0.3) is 0 Å². The number of nitrogens with zero attached hydrogens (tertiary/aromatic N) is 6. The van der Waals surface area contributed by atoms with Crippen LogP contribution in [0.15, 0.2) is 18.6 Å². The molecule has 3 rings (SSSR count). The van der Waals surface area contributed by atoms with Gasteiger partial charge in [-0.05, 0) is 6.92 Å². The van der Waals surface area contributed by atoms with Gasteiger partial charge in [-0.2, -0.15) is 10.2 Å². The lowest BCUT2D eigenvalue weighted by atomic mass is 10.2. The zero-order chi connectivity index (χ0) is 17.1. The summed E-state index contributed by atoms with van der Waals surface area (Å²) in [6, 6.07) is 0. The Labute approximate surface area is 146 Å². The Bertz CT molecular complexity index is 682. The first-order chi connectivity index (χ1) is 11.5. The van der Waals surface area contributed by atoms with E-state index in [4.69, 9.17) is 11.6 Å². The number of rotatable bonds is 5. The van der Waals surface area contributed by atoms with Gasteiger partial charge in [0.1, 0.15) is 0 Å². The molecular formula is C16H23ClN6O. The summed E-state index contributed by atoms with van der Waals surface area (Å²) in [7, 11) is 1.92. The summed E-state index contributed by atoms with van der Waals surface area (Å²) in [5.74, 6) is 0.181. The van der Waals surface area contributed by atoms with E-state index in [1.165, 1.54) is 5.56 Å². The third kappa shape index (κ3) is 4.15. The SMILES string of the molecule is Cc1nn(CCC(=O)N2CCN(Cc3cnn(C)c3)CC2)cc1Cl. The number of halogens is 1. The van der Waals surface area contributed by atoms with Crippen LogP contribution < -0.4 is 0 Å². The molecular weight excluding hydrogens is 328 g/mol. The van der Waals surface area contributed by atoms with Gasteiger partial charge in [0.05, 0.1) is 16.9 Å². The monoisotopic (exact) mass is 350 g/mol. The molecule has 0 aromatic carbocycles. The molecule has 0 unspecified atom stereocenters. The molecule has 0 aliphatic carbocycles. The van der Waals surface area contributed by atoms with Gasteiger partial charge in [0.15, 0.2) is 0 Å². The Morgan fingerprint density at radius 2 is 2.00 bits per heavy atom. The normalized spacial score (nSPS) is 15.9. The minimum atomic E-state index is 0.181. The van der Waals surface area contributed by atoms with E-state index in [2.05, 4.69) is 15.1 Å². The Kier molecular flexibility index (Phi) is 5.20. The zero-order valence-electron chi connectivity index (χ0n) is 14.2. The molecule has 2 aromatic heterocycles. The van der Waals surface area contributed by atoms with E-state index in [-0.39, 0.29) is 5.91 Å². The average molecular weight is 351 g/mol. The lowest BCUT2D eigenvalue weighted by molar-refractivity contribution is -0.133. The van der Waals surface area contributed by atoms with Crippen molar-refractivity contribution in [2.45, 2.75) is 26.4 Å². The Morgan fingerprint density at radius 3 is 2.58 bits per heavy atom. The van der Waals surface area contributed by atoms with Crippen molar-refractivity contribution in [1.82, 2.24) is 29.4 Å². The molecule has 7 nitrogen and oxygen atoms in total. The minimum absolute atomic E-state index is 0.181. The van der Waals surface area contributed by atoms with E-state index in [0.717, 1.165) is 38.4 Å². The highest BCUT2D eigenvalue weighted by Crippen LogP contribution is 2.13. The topological polar surface area (TPSA) is 59.2 Å². The van der Waals surface area contributed by atoms with Crippen LogP contribution in [0.1, 0.15) is 17.7 Å². The van der Waals surface area contributed by atoms with Gasteiger partial charge >= 0.3 is 0 Å². The summed E-state index contributed by atoms with van der Waals surface area (Å²) in [5, 5.41) is 9.13. The highest BCUT2D eigenvalue weighted by atomic mass is 35.5. The third-order valence-electron chi connectivity index (χ3n) is 4.33. The first-order valence-corrected chi connectivity index (χ1v) is 8.56. The molecule has 0 radical (unpaired) electrons. The molecule has 130 valence electrons. The summed E-state index contributed by atoms with van der Waals surface area (Å²) >= 11 is 5.99. The molecule has 1 aliphatic rings. The van der Waals surface area contributed by atoms with Crippen LogP contribution in [0.25, 0.3) is 0 Å². The third-order valence-corrected chi connectivity index (χ3v) is 4.70. The Hall–Kier alpha value is -1.86. The van der Waals surface area contributed by atoms with Crippen molar-refractivity contribution in [1.29, 1.82) is 0 Å². The highest BCUT2D eigenvalue weighted by Gasteiger charge is 2.21. The Morgan fingerprint density at radius 1 is 1.25 bits per heavy atom. The number of aryl methyl sites for hydroxylation is 3. The summed E-state index contributed by atoms with van der Waals surface area (Å²) in [4.78, 5) is 16.7. The van der Waals surface area contributed by atoms with E-state index < -0.39 is 0 Å². The fourth-order valence-electron chi connectivity index (χ4n) is 2.94. The van der Waals surface area contributed by atoms with Crippen LogP contribution in [-0.4, -0.2) is 61.4 Å². The second-order valence-corrected chi connectivity index (χ2v) is 6.66. The molecule has 1 amide bonds. The van der Waals surface area contributed by atoms with E-state index in [1.807, 2.05) is 35.9 Å². The molecule has 1 fully saturated rings. The molecule has 8 heteroatoms. The first-order valence-electron chi connectivity index (χ1n) is 8.18. The first kappa shape index (κ1) is 17.0. The summed E-state index contributed by atoms with van der Waals surface area (Å²) in [6.07, 6.45) is 6.17. The lowest BCUT2D eigenvalue weighted by Crippen LogP contribution is -2.48. The summed E-state index contributed by atoms with van der Waals surface area (Å²) < 4.78 is 3.56. The molecule has 0 spiro atoms. The largest absolute Gasteiger partial charge is 0.340 e. The molecule has 24 heavy (non-hydrogen) atoms. The molecule has 0 bridgehead atoms. The predicted octanol–water partition coefficient (Wildman–Crippen LogP) is 1.31. The Balaban J connectivity index is 1.43.